The van der Waals surface area contributed by atoms with Crippen molar-refractivity contribution in [2.24, 2.45) is 0 Å². The Bertz CT molecular complexity index is 756. The molecule has 0 aromatic carbocycles. The maximum atomic E-state index is 4.65. The fourth-order valence-electron chi connectivity index (χ4n) is 3.04. The molecule has 6 heteroatoms. The Labute approximate surface area is 133 Å². The molecule has 0 bridgehead atoms. The van der Waals surface area contributed by atoms with Crippen LogP contribution < -0.4 is 4.90 Å². The first-order valence-corrected chi connectivity index (χ1v) is 8.48. The van der Waals surface area contributed by atoms with E-state index in [9.17, 15) is 0 Å². The lowest BCUT2D eigenvalue weighted by atomic mass is 10.2. The molecular formula is C16H19N5S. The van der Waals surface area contributed by atoms with Crippen molar-refractivity contribution in [1.82, 2.24) is 19.3 Å². The highest BCUT2D eigenvalue weighted by atomic mass is 32.1. The van der Waals surface area contributed by atoms with Crippen molar-refractivity contribution in [3.05, 3.63) is 47.4 Å². The van der Waals surface area contributed by atoms with Gasteiger partial charge in [0, 0.05) is 50.5 Å². The number of hydrogen-bond donors (Lipinski definition) is 0. The van der Waals surface area contributed by atoms with Gasteiger partial charge in [0.2, 0.25) is 0 Å². The largest absolute Gasteiger partial charge is 0.346 e. The minimum absolute atomic E-state index is 0.961. The fraction of sp³-hybridized carbons (Fsp3) is 0.375. The standard InChI is InChI=1S/C16H19N5S/c1-13-14(21-6-3-2-4-15(21)18-13)12-19-7-9-20(10-8-19)16-17-5-11-22-16/h2-6,11H,7-10,12H2,1H3. The highest BCUT2D eigenvalue weighted by molar-refractivity contribution is 7.13. The minimum atomic E-state index is 0.961. The van der Waals surface area contributed by atoms with Crippen molar-refractivity contribution in [3.8, 4) is 0 Å². The molecule has 4 rings (SSSR count). The van der Waals surface area contributed by atoms with Gasteiger partial charge >= 0.3 is 0 Å². The van der Waals surface area contributed by atoms with Crippen LogP contribution in [0.3, 0.4) is 0 Å². The Morgan fingerprint density at radius 1 is 1.18 bits per heavy atom. The van der Waals surface area contributed by atoms with Gasteiger partial charge in [0.15, 0.2) is 5.13 Å². The third-order valence-electron chi connectivity index (χ3n) is 4.26. The van der Waals surface area contributed by atoms with Gasteiger partial charge in [-0.15, -0.1) is 11.3 Å². The van der Waals surface area contributed by atoms with Crippen molar-refractivity contribution in [3.63, 3.8) is 0 Å². The van der Waals surface area contributed by atoms with Gasteiger partial charge in [-0.1, -0.05) is 6.07 Å². The summed E-state index contributed by atoms with van der Waals surface area (Å²) in [7, 11) is 0. The number of fused-ring (bicyclic) bond motifs is 1. The number of pyridine rings is 1. The van der Waals surface area contributed by atoms with Crippen LogP contribution in [0, 0.1) is 6.92 Å². The third kappa shape index (κ3) is 2.48. The molecule has 1 fully saturated rings. The zero-order valence-electron chi connectivity index (χ0n) is 12.6. The fourth-order valence-corrected chi connectivity index (χ4v) is 3.73. The second kappa shape index (κ2) is 5.70. The highest BCUT2D eigenvalue weighted by Gasteiger charge is 2.20. The molecule has 0 saturated carbocycles. The molecule has 0 radical (unpaired) electrons. The van der Waals surface area contributed by atoms with E-state index in [1.165, 1.54) is 5.69 Å². The molecule has 4 heterocycles. The van der Waals surface area contributed by atoms with Crippen molar-refractivity contribution < 1.29 is 0 Å². The predicted octanol–water partition coefficient (Wildman–Crippen LogP) is 2.42. The number of anilines is 1. The number of rotatable bonds is 3. The van der Waals surface area contributed by atoms with E-state index in [1.54, 1.807) is 11.3 Å². The van der Waals surface area contributed by atoms with Crippen molar-refractivity contribution >= 4 is 22.1 Å². The van der Waals surface area contributed by atoms with Crippen LogP contribution in [0.25, 0.3) is 5.65 Å². The maximum Gasteiger partial charge on any atom is 0.185 e. The second-order valence-corrected chi connectivity index (χ2v) is 6.52. The second-order valence-electron chi connectivity index (χ2n) is 5.65. The van der Waals surface area contributed by atoms with Crippen LogP contribution in [0.4, 0.5) is 5.13 Å². The van der Waals surface area contributed by atoms with Gasteiger partial charge in [-0.05, 0) is 19.1 Å². The van der Waals surface area contributed by atoms with Gasteiger partial charge < -0.3 is 9.30 Å². The summed E-state index contributed by atoms with van der Waals surface area (Å²) in [5.74, 6) is 0. The Balaban J connectivity index is 1.47. The Kier molecular flexibility index (Phi) is 3.56. The molecule has 0 spiro atoms. The summed E-state index contributed by atoms with van der Waals surface area (Å²) in [4.78, 5) is 13.9. The van der Waals surface area contributed by atoms with Crippen LogP contribution in [0.5, 0.6) is 0 Å². The van der Waals surface area contributed by atoms with Gasteiger partial charge in [0.1, 0.15) is 5.65 Å². The topological polar surface area (TPSA) is 36.7 Å². The summed E-state index contributed by atoms with van der Waals surface area (Å²) >= 11 is 1.72. The number of nitrogens with zero attached hydrogens (tertiary/aromatic N) is 5. The molecule has 22 heavy (non-hydrogen) atoms. The van der Waals surface area contributed by atoms with Crippen LogP contribution >= 0.6 is 11.3 Å². The Hall–Kier alpha value is -1.92. The van der Waals surface area contributed by atoms with Crippen LogP contribution in [-0.2, 0) is 6.54 Å². The first-order valence-electron chi connectivity index (χ1n) is 7.60. The molecule has 1 aliphatic rings. The van der Waals surface area contributed by atoms with Gasteiger partial charge in [-0.25, -0.2) is 9.97 Å². The lowest BCUT2D eigenvalue weighted by molar-refractivity contribution is 0.246. The molecular weight excluding hydrogens is 294 g/mol. The monoisotopic (exact) mass is 313 g/mol. The number of hydrogen-bond acceptors (Lipinski definition) is 5. The predicted molar refractivity (Wildman–Crippen MR) is 89.5 cm³/mol. The first-order chi connectivity index (χ1) is 10.8. The van der Waals surface area contributed by atoms with Crippen LogP contribution in [0.15, 0.2) is 36.0 Å². The lowest BCUT2D eigenvalue weighted by Crippen LogP contribution is -2.46. The molecule has 0 aliphatic carbocycles. The van der Waals surface area contributed by atoms with Gasteiger partial charge in [0.05, 0.1) is 11.4 Å². The number of aromatic nitrogens is 3. The van der Waals surface area contributed by atoms with Crippen molar-refractivity contribution in [2.75, 3.05) is 31.1 Å². The summed E-state index contributed by atoms with van der Waals surface area (Å²) in [5, 5.41) is 3.19. The van der Waals surface area contributed by atoms with Gasteiger partial charge in [0.25, 0.3) is 0 Å². The molecule has 1 saturated heterocycles. The molecule has 0 atom stereocenters. The van der Waals surface area contributed by atoms with E-state index in [-0.39, 0.29) is 0 Å². The minimum Gasteiger partial charge on any atom is -0.346 e. The molecule has 5 nitrogen and oxygen atoms in total. The van der Waals surface area contributed by atoms with E-state index in [2.05, 4.69) is 49.4 Å². The Morgan fingerprint density at radius 2 is 2.05 bits per heavy atom. The smallest absolute Gasteiger partial charge is 0.185 e. The van der Waals surface area contributed by atoms with Gasteiger partial charge in [-0.3, -0.25) is 4.90 Å². The lowest BCUT2D eigenvalue weighted by Gasteiger charge is -2.34. The summed E-state index contributed by atoms with van der Waals surface area (Å²) in [6.07, 6.45) is 3.99. The molecule has 0 amide bonds. The number of piperazine rings is 1. The normalized spacial score (nSPS) is 16.5. The molecule has 0 unspecified atom stereocenters. The molecule has 3 aromatic rings. The number of thiazole rings is 1. The average Bonchev–Trinajstić information content (AvgIpc) is 3.17. The van der Waals surface area contributed by atoms with E-state index in [1.807, 2.05) is 17.6 Å². The first kappa shape index (κ1) is 13.7. The summed E-state index contributed by atoms with van der Waals surface area (Å²) < 4.78 is 2.21. The molecule has 1 aliphatic heterocycles. The van der Waals surface area contributed by atoms with E-state index in [0.717, 1.165) is 49.2 Å². The summed E-state index contributed by atoms with van der Waals surface area (Å²) in [5.41, 5.74) is 3.48. The van der Waals surface area contributed by atoms with E-state index in [0.29, 0.717) is 0 Å². The van der Waals surface area contributed by atoms with E-state index in [4.69, 9.17) is 0 Å². The van der Waals surface area contributed by atoms with E-state index < -0.39 is 0 Å². The van der Waals surface area contributed by atoms with Gasteiger partial charge in [-0.2, -0.15) is 0 Å². The zero-order chi connectivity index (χ0) is 14.9. The molecule has 3 aromatic heterocycles. The van der Waals surface area contributed by atoms with Crippen LogP contribution in [-0.4, -0.2) is 45.4 Å². The van der Waals surface area contributed by atoms with Crippen LogP contribution in [0.1, 0.15) is 11.4 Å². The van der Waals surface area contributed by atoms with Crippen molar-refractivity contribution in [2.45, 2.75) is 13.5 Å². The van der Waals surface area contributed by atoms with Crippen molar-refractivity contribution in [1.29, 1.82) is 0 Å². The molecule has 0 N–H and O–H groups in total. The zero-order valence-corrected chi connectivity index (χ0v) is 13.5. The summed E-state index contributed by atoms with van der Waals surface area (Å²) in [6, 6.07) is 6.17. The average molecular weight is 313 g/mol. The summed E-state index contributed by atoms with van der Waals surface area (Å²) in [6.45, 7) is 7.29. The molecule has 114 valence electrons. The maximum absolute atomic E-state index is 4.65. The van der Waals surface area contributed by atoms with Crippen LogP contribution in [0.2, 0.25) is 0 Å². The highest BCUT2D eigenvalue weighted by Crippen LogP contribution is 2.20. The third-order valence-corrected chi connectivity index (χ3v) is 5.10. The quantitative estimate of drug-likeness (QED) is 0.744. The van der Waals surface area contributed by atoms with E-state index >= 15 is 0 Å². The SMILES string of the molecule is Cc1nc2ccccn2c1CN1CCN(c2nccs2)CC1. The Morgan fingerprint density at radius 3 is 2.82 bits per heavy atom. The number of imidazole rings is 1. The number of aryl methyl sites for hydroxylation is 1.